The summed E-state index contributed by atoms with van der Waals surface area (Å²) in [6.45, 7) is 11.4. The van der Waals surface area contributed by atoms with Gasteiger partial charge in [0, 0.05) is 17.6 Å². The first-order valence-corrected chi connectivity index (χ1v) is 7.18. The molecule has 1 atom stereocenters. The van der Waals surface area contributed by atoms with Crippen molar-refractivity contribution in [2.45, 2.75) is 39.7 Å². The largest absolute Gasteiger partial charge is 0.479 e. The first-order chi connectivity index (χ1) is 11.3. The van der Waals surface area contributed by atoms with Crippen LogP contribution in [0.1, 0.15) is 33.6 Å². The van der Waals surface area contributed by atoms with Crippen molar-refractivity contribution in [3.63, 3.8) is 0 Å². The van der Waals surface area contributed by atoms with Crippen LogP contribution in [0, 0.1) is 5.41 Å². The van der Waals surface area contributed by atoms with Gasteiger partial charge in [0.2, 0.25) is 0 Å². The Labute approximate surface area is 147 Å². The first kappa shape index (κ1) is 30.6. The standard InChI is InChI=1S/C5H10O3.C5H12O2.2C3H4O2/c1-2-3-4(6)5(7)8;1-5(2,3-6)4-7;2*1-2-3(4)5/h4,6H,2-3H2,1H3,(H,7,8);6-7H,3-4H2,1-2H3;2*2H,1H2,(H,4,5). The predicted molar refractivity (Wildman–Crippen MR) is 92.2 cm³/mol. The van der Waals surface area contributed by atoms with Gasteiger partial charge in [0.15, 0.2) is 6.10 Å². The third-order valence-corrected chi connectivity index (χ3v) is 2.05. The van der Waals surface area contributed by atoms with Gasteiger partial charge in [-0.15, -0.1) is 0 Å². The monoisotopic (exact) mass is 366 g/mol. The van der Waals surface area contributed by atoms with Crippen LogP contribution in [-0.4, -0.2) is 67.9 Å². The minimum atomic E-state index is -1.17. The van der Waals surface area contributed by atoms with Gasteiger partial charge in [-0.1, -0.05) is 40.3 Å². The summed E-state index contributed by atoms with van der Waals surface area (Å²) >= 11 is 0. The number of hydrogen-bond donors (Lipinski definition) is 6. The first-order valence-electron chi connectivity index (χ1n) is 7.18. The Morgan fingerprint density at radius 3 is 1.28 bits per heavy atom. The predicted octanol–water partition coefficient (Wildman–Crippen LogP) is 0.743. The molecule has 0 aliphatic heterocycles. The molecule has 25 heavy (non-hydrogen) atoms. The Bertz CT molecular complexity index is 365. The number of carbonyl (C=O) groups is 3. The van der Waals surface area contributed by atoms with Crippen LogP contribution in [0.4, 0.5) is 0 Å². The molecular formula is C16H30O9. The maximum Gasteiger partial charge on any atom is 0.332 e. The summed E-state index contributed by atoms with van der Waals surface area (Å²) in [5, 5.41) is 48.7. The molecule has 0 bridgehead atoms. The third kappa shape index (κ3) is 39.0. The summed E-state index contributed by atoms with van der Waals surface area (Å²) in [7, 11) is 0. The van der Waals surface area contributed by atoms with E-state index in [2.05, 4.69) is 13.2 Å². The van der Waals surface area contributed by atoms with Gasteiger partial charge in [-0.25, -0.2) is 14.4 Å². The SMILES string of the molecule is C=CC(=O)O.C=CC(=O)O.CC(C)(CO)CO.CCCC(O)C(=O)O. The van der Waals surface area contributed by atoms with Crippen molar-refractivity contribution in [1.29, 1.82) is 0 Å². The average molecular weight is 366 g/mol. The highest BCUT2D eigenvalue weighted by molar-refractivity contribution is 5.79. The maximum absolute atomic E-state index is 9.84. The highest BCUT2D eigenvalue weighted by Crippen LogP contribution is 2.10. The number of aliphatic hydroxyl groups excluding tert-OH is 3. The molecule has 0 aliphatic carbocycles. The van der Waals surface area contributed by atoms with Gasteiger partial charge >= 0.3 is 17.9 Å². The number of aliphatic carboxylic acids is 3. The van der Waals surface area contributed by atoms with Crippen LogP contribution in [0.3, 0.4) is 0 Å². The minimum Gasteiger partial charge on any atom is -0.479 e. The van der Waals surface area contributed by atoms with Crippen LogP contribution >= 0.6 is 0 Å². The van der Waals surface area contributed by atoms with Crippen LogP contribution in [0.25, 0.3) is 0 Å². The zero-order chi connectivity index (χ0) is 21.1. The average Bonchev–Trinajstić information content (AvgIpc) is 2.56. The van der Waals surface area contributed by atoms with Crippen molar-refractivity contribution in [2.24, 2.45) is 5.41 Å². The number of carboxylic acids is 3. The van der Waals surface area contributed by atoms with Crippen molar-refractivity contribution < 1.29 is 45.0 Å². The topological polar surface area (TPSA) is 173 Å². The molecule has 0 fully saturated rings. The van der Waals surface area contributed by atoms with Crippen molar-refractivity contribution >= 4 is 17.9 Å². The third-order valence-electron chi connectivity index (χ3n) is 2.05. The molecule has 0 spiro atoms. The fourth-order valence-corrected chi connectivity index (χ4v) is 0.447. The Hall–Kier alpha value is -2.23. The van der Waals surface area contributed by atoms with Crippen molar-refractivity contribution in [2.75, 3.05) is 13.2 Å². The molecule has 0 amide bonds. The van der Waals surface area contributed by atoms with Gasteiger partial charge in [0.1, 0.15) is 0 Å². The minimum absolute atomic E-state index is 0.0451. The molecule has 0 aromatic carbocycles. The van der Waals surface area contributed by atoms with E-state index in [0.717, 1.165) is 12.2 Å². The van der Waals surface area contributed by atoms with Gasteiger partial charge in [-0.3, -0.25) is 0 Å². The molecule has 0 aliphatic rings. The van der Waals surface area contributed by atoms with Gasteiger partial charge in [0.25, 0.3) is 0 Å². The smallest absolute Gasteiger partial charge is 0.332 e. The lowest BCUT2D eigenvalue weighted by Crippen LogP contribution is -2.20. The van der Waals surface area contributed by atoms with Gasteiger partial charge < -0.3 is 30.6 Å². The van der Waals surface area contributed by atoms with E-state index < -0.39 is 24.0 Å². The highest BCUT2D eigenvalue weighted by Gasteiger charge is 2.13. The molecule has 0 saturated carbocycles. The molecule has 1 unspecified atom stereocenters. The summed E-state index contributed by atoms with van der Waals surface area (Å²) in [5.41, 5.74) is -0.306. The molecule has 0 saturated heterocycles. The van der Waals surface area contributed by atoms with Crippen molar-refractivity contribution in [3.8, 4) is 0 Å². The van der Waals surface area contributed by atoms with Crippen molar-refractivity contribution in [1.82, 2.24) is 0 Å². The van der Waals surface area contributed by atoms with E-state index in [1.54, 1.807) is 13.8 Å². The van der Waals surface area contributed by atoms with Gasteiger partial charge in [0.05, 0.1) is 13.2 Å². The molecule has 0 heterocycles. The molecular weight excluding hydrogens is 336 g/mol. The fourth-order valence-electron chi connectivity index (χ4n) is 0.447. The van der Waals surface area contributed by atoms with E-state index in [4.69, 9.17) is 30.6 Å². The molecule has 6 N–H and O–H groups in total. The number of carboxylic acid groups (broad SMARTS) is 3. The molecule has 0 radical (unpaired) electrons. The summed E-state index contributed by atoms with van der Waals surface area (Å²) < 4.78 is 0. The van der Waals surface area contributed by atoms with Crippen LogP contribution in [0.15, 0.2) is 25.3 Å². The highest BCUT2D eigenvalue weighted by atomic mass is 16.4. The van der Waals surface area contributed by atoms with Crippen molar-refractivity contribution in [3.05, 3.63) is 25.3 Å². The van der Waals surface area contributed by atoms with E-state index in [-0.39, 0.29) is 18.6 Å². The van der Waals surface area contributed by atoms with E-state index >= 15 is 0 Å². The molecule has 0 aromatic heterocycles. The molecule has 148 valence electrons. The second kappa shape index (κ2) is 19.8. The lowest BCUT2D eigenvalue weighted by Gasteiger charge is -2.16. The fraction of sp³-hybridized carbons (Fsp3) is 0.562. The summed E-state index contributed by atoms with van der Waals surface area (Å²) in [6.07, 6.45) is 1.54. The maximum atomic E-state index is 9.84. The second-order valence-corrected chi connectivity index (χ2v) is 5.21. The molecule has 9 heteroatoms. The second-order valence-electron chi connectivity index (χ2n) is 5.21. The van der Waals surface area contributed by atoms with E-state index in [9.17, 15) is 14.4 Å². The zero-order valence-corrected chi connectivity index (χ0v) is 14.9. The van der Waals surface area contributed by atoms with Gasteiger partial charge in [-0.2, -0.15) is 0 Å². The van der Waals surface area contributed by atoms with Crippen LogP contribution in [0.2, 0.25) is 0 Å². The van der Waals surface area contributed by atoms with Crippen LogP contribution in [0.5, 0.6) is 0 Å². The Morgan fingerprint density at radius 2 is 1.24 bits per heavy atom. The van der Waals surface area contributed by atoms with E-state index in [1.807, 2.05) is 6.92 Å². The normalized spacial score (nSPS) is 10.2. The Kier molecular flexibility index (Phi) is 24.3. The molecule has 9 nitrogen and oxygen atoms in total. The summed E-state index contributed by atoms with van der Waals surface area (Å²) in [5.74, 6) is -3.10. The summed E-state index contributed by atoms with van der Waals surface area (Å²) in [6, 6.07) is 0. The lowest BCUT2D eigenvalue weighted by molar-refractivity contribution is -0.147. The number of rotatable bonds is 7. The quantitative estimate of drug-likeness (QED) is 0.355. The van der Waals surface area contributed by atoms with Crippen LogP contribution in [-0.2, 0) is 14.4 Å². The lowest BCUT2D eigenvalue weighted by atomic mass is 9.97. The zero-order valence-electron chi connectivity index (χ0n) is 14.9. The number of aliphatic hydroxyl groups is 3. The van der Waals surface area contributed by atoms with E-state index in [1.165, 1.54) is 0 Å². The molecule has 0 rings (SSSR count). The summed E-state index contributed by atoms with van der Waals surface area (Å²) in [4.78, 5) is 28.3. The molecule has 0 aromatic rings. The van der Waals surface area contributed by atoms with E-state index in [0.29, 0.717) is 12.8 Å². The van der Waals surface area contributed by atoms with Crippen LogP contribution < -0.4 is 0 Å². The Morgan fingerprint density at radius 1 is 0.960 bits per heavy atom. The number of hydrogen-bond acceptors (Lipinski definition) is 6. The Balaban J connectivity index is -0.000000120. The van der Waals surface area contributed by atoms with Gasteiger partial charge in [-0.05, 0) is 6.42 Å².